The van der Waals surface area contributed by atoms with E-state index in [0.717, 1.165) is 5.69 Å². The van der Waals surface area contributed by atoms with Crippen molar-refractivity contribution >= 4 is 17.3 Å². The van der Waals surface area contributed by atoms with E-state index in [4.69, 9.17) is 0 Å². The van der Waals surface area contributed by atoms with Gasteiger partial charge in [0.1, 0.15) is 0 Å². The van der Waals surface area contributed by atoms with Crippen LogP contribution in [0.25, 0.3) is 0 Å². The Balaban J connectivity index is 1.61. The van der Waals surface area contributed by atoms with E-state index in [9.17, 15) is 4.79 Å². The zero-order chi connectivity index (χ0) is 14.0. The number of carbonyl (C=O) groups is 1. The molecule has 0 heterocycles. The van der Waals surface area contributed by atoms with Gasteiger partial charge in [-0.1, -0.05) is 19.3 Å². The minimum absolute atomic E-state index is 0.0224. The van der Waals surface area contributed by atoms with E-state index >= 15 is 0 Å². The van der Waals surface area contributed by atoms with Gasteiger partial charge in [0.2, 0.25) is 5.91 Å². The van der Waals surface area contributed by atoms with Crippen LogP contribution in [0.1, 0.15) is 51.9 Å². The molecule has 0 bridgehead atoms. The SMILES string of the molecule is CC(=O)Nc1ccc(NC2CCC23CCCCC3)cc1. The molecule has 0 saturated heterocycles. The van der Waals surface area contributed by atoms with Crippen molar-refractivity contribution in [2.75, 3.05) is 10.6 Å². The average Bonchev–Trinajstić information content (AvgIpc) is 2.45. The molecule has 1 atom stereocenters. The Labute approximate surface area is 121 Å². The first-order valence-electron chi connectivity index (χ1n) is 7.82. The predicted molar refractivity (Wildman–Crippen MR) is 82.9 cm³/mol. The molecule has 2 fully saturated rings. The molecule has 2 N–H and O–H groups in total. The number of hydrogen-bond acceptors (Lipinski definition) is 2. The van der Waals surface area contributed by atoms with Gasteiger partial charge in [-0.3, -0.25) is 4.79 Å². The standard InChI is InChI=1S/C17H24N2O/c1-13(20)18-14-5-7-15(8-6-14)19-16-9-12-17(16)10-3-2-4-11-17/h5-8,16,19H,2-4,9-12H2,1H3,(H,18,20). The van der Waals surface area contributed by atoms with E-state index in [2.05, 4.69) is 22.8 Å². The van der Waals surface area contributed by atoms with E-state index in [1.165, 1.54) is 57.6 Å². The van der Waals surface area contributed by atoms with Crippen molar-refractivity contribution in [2.45, 2.75) is 57.9 Å². The average molecular weight is 272 g/mol. The van der Waals surface area contributed by atoms with Crippen molar-refractivity contribution in [1.29, 1.82) is 0 Å². The molecule has 2 saturated carbocycles. The van der Waals surface area contributed by atoms with Crippen LogP contribution in [0.4, 0.5) is 11.4 Å². The van der Waals surface area contributed by atoms with Crippen LogP contribution in [0.3, 0.4) is 0 Å². The molecular formula is C17H24N2O. The summed E-state index contributed by atoms with van der Waals surface area (Å²) in [6, 6.07) is 8.72. The maximum Gasteiger partial charge on any atom is 0.221 e. The number of carbonyl (C=O) groups excluding carboxylic acids is 1. The van der Waals surface area contributed by atoms with Crippen molar-refractivity contribution in [1.82, 2.24) is 0 Å². The second-order valence-corrected chi connectivity index (χ2v) is 6.42. The normalized spacial score (nSPS) is 23.9. The molecule has 20 heavy (non-hydrogen) atoms. The van der Waals surface area contributed by atoms with Crippen LogP contribution < -0.4 is 10.6 Å². The Kier molecular flexibility index (Phi) is 3.68. The molecular weight excluding hydrogens is 248 g/mol. The second kappa shape index (κ2) is 5.47. The monoisotopic (exact) mass is 272 g/mol. The third-order valence-electron chi connectivity index (χ3n) is 5.07. The fourth-order valence-corrected chi connectivity index (χ4v) is 3.83. The van der Waals surface area contributed by atoms with Gasteiger partial charge in [-0.25, -0.2) is 0 Å². The fourth-order valence-electron chi connectivity index (χ4n) is 3.83. The molecule has 1 aromatic rings. The number of benzene rings is 1. The highest BCUT2D eigenvalue weighted by atomic mass is 16.1. The topological polar surface area (TPSA) is 41.1 Å². The van der Waals surface area contributed by atoms with E-state index in [1.807, 2.05) is 12.1 Å². The largest absolute Gasteiger partial charge is 0.382 e. The van der Waals surface area contributed by atoms with Crippen molar-refractivity contribution in [2.24, 2.45) is 5.41 Å². The second-order valence-electron chi connectivity index (χ2n) is 6.42. The minimum atomic E-state index is -0.0224. The van der Waals surface area contributed by atoms with Crippen LogP contribution >= 0.6 is 0 Å². The van der Waals surface area contributed by atoms with Crippen LogP contribution in [0, 0.1) is 5.41 Å². The predicted octanol–water partition coefficient (Wildman–Crippen LogP) is 4.17. The number of anilines is 2. The Bertz CT molecular complexity index is 474. The Hall–Kier alpha value is -1.51. The highest BCUT2D eigenvalue weighted by Gasteiger charge is 2.46. The lowest BCUT2D eigenvalue weighted by Crippen LogP contribution is -2.50. The molecule has 2 aliphatic rings. The molecule has 0 aliphatic heterocycles. The number of nitrogens with one attached hydrogen (secondary N) is 2. The summed E-state index contributed by atoms with van der Waals surface area (Å²) in [4.78, 5) is 11.0. The Morgan fingerprint density at radius 1 is 1.05 bits per heavy atom. The van der Waals surface area contributed by atoms with Crippen LogP contribution in [0.5, 0.6) is 0 Å². The van der Waals surface area contributed by atoms with Gasteiger partial charge in [-0.15, -0.1) is 0 Å². The molecule has 1 amide bonds. The summed E-state index contributed by atoms with van der Waals surface area (Å²) < 4.78 is 0. The number of rotatable bonds is 3. The summed E-state index contributed by atoms with van der Waals surface area (Å²) in [5.74, 6) is -0.0224. The number of amides is 1. The third kappa shape index (κ3) is 2.67. The van der Waals surface area contributed by atoms with Crippen molar-refractivity contribution < 1.29 is 4.79 Å². The fraction of sp³-hybridized carbons (Fsp3) is 0.588. The van der Waals surface area contributed by atoms with Crippen LogP contribution in [0.15, 0.2) is 24.3 Å². The number of hydrogen-bond donors (Lipinski definition) is 2. The minimum Gasteiger partial charge on any atom is -0.382 e. The van der Waals surface area contributed by atoms with Gasteiger partial charge in [-0.2, -0.15) is 0 Å². The van der Waals surface area contributed by atoms with Gasteiger partial charge in [0, 0.05) is 24.3 Å². The molecule has 1 unspecified atom stereocenters. The molecule has 0 radical (unpaired) electrons. The van der Waals surface area contributed by atoms with Crippen LogP contribution in [-0.2, 0) is 4.79 Å². The molecule has 1 spiro atoms. The summed E-state index contributed by atoms with van der Waals surface area (Å²) in [6.07, 6.45) is 9.71. The van der Waals surface area contributed by atoms with E-state index in [1.54, 1.807) is 0 Å². The van der Waals surface area contributed by atoms with Gasteiger partial charge < -0.3 is 10.6 Å². The summed E-state index contributed by atoms with van der Waals surface area (Å²) in [5.41, 5.74) is 2.62. The molecule has 1 aromatic carbocycles. The highest BCUT2D eigenvalue weighted by molar-refractivity contribution is 5.88. The molecule has 0 aromatic heterocycles. The van der Waals surface area contributed by atoms with E-state index < -0.39 is 0 Å². The zero-order valence-corrected chi connectivity index (χ0v) is 12.2. The lowest BCUT2D eigenvalue weighted by atomic mass is 9.57. The maximum absolute atomic E-state index is 11.0. The zero-order valence-electron chi connectivity index (χ0n) is 12.2. The Morgan fingerprint density at radius 2 is 1.70 bits per heavy atom. The lowest BCUT2D eigenvalue weighted by Gasteiger charge is -2.52. The highest BCUT2D eigenvalue weighted by Crippen LogP contribution is 2.52. The summed E-state index contributed by atoms with van der Waals surface area (Å²) in [7, 11) is 0. The van der Waals surface area contributed by atoms with Gasteiger partial charge in [0.15, 0.2) is 0 Å². The van der Waals surface area contributed by atoms with E-state index in [-0.39, 0.29) is 5.91 Å². The van der Waals surface area contributed by atoms with Gasteiger partial charge in [0.05, 0.1) is 0 Å². The summed E-state index contributed by atoms with van der Waals surface area (Å²) in [5, 5.41) is 6.51. The molecule has 3 nitrogen and oxygen atoms in total. The van der Waals surface area contributed by atoms with Crippen molar-refractivity contribution in [3.63, 3.8) is 0 Å². The van der Waals surface area contributed by atoms with Gasteiger partial charge in [0.25, 0.3) is 0 Å². The molecule has 2 aliphatic carbocycles. The maximum atomic E-state index is 11.0. The summed E-state index contributed by atoms with van der Waals surface area (Å²) in [6.45, 7) is 1.54. The van der Waals surface area contributed by atoms with Crippen LogP contribution in [-0.4, -0.2) is 11.9 Å². The molecule has 108 valence electrons. The first-order chi connectivity index (χ1) is 9.68. The van der Waals surface area contributed by atoms with Crippen molar-refractivity contribution in [3.05, 3.63) is 24.3 Å². The first-order valence-corrected chi connectivity index (χ1v) is 7.82. The summed E-state index contributed by atoms with van der Waals surface area (Å²) >= 11 is 0. The molecule has 3 heteroatoms. The lowest BCUT2D eigenvalue weighted by molar-refractivity contribution is -0.114. The molecule has 3 rings (SSSR count). The van der Waals surface area contributed by atoms with Crippen molar-refractivity contribution in [3.8, 4) is 0 Å². The van der Waals surface area contributed by atoms with E-state index in [0.29, 0.717) is 11.5 Å². The quantitative estimate of drug-likeness (QED) is 0.867. The van der Waals surface area contributed by atoms with Gasteiger partial charge in [-0.05, 0) is 55.4 Å². The Morgan fingerprint density at radius 3 is 2.25 bits per heavy atom. The first kappa shape index (κ1) is 13.5. The third-order valence-corrected chi connectivity index (χ3v) is 5.07. The van der Waals surface area contributed by atoms with Gasteiger partial charge >= 0.3 is 0 Å². The van der Waals surface area contributed by atoms with Crippen LogP contribution in [0.2, 0.25) is 0 Å². The smallest absolute Gasteiger partial charge is 0.221 e.